The van der Waals surface area contributed by atoms with Crippen molar-refractivity contribution in [3.05, 3.63) is 64.2 Å². The van der Waals surface area contributed by atoms with Crippen molar-refractivity contribution >= 4 is 11.4 Å². The van der Waals surface area contributed by atoms with E-state index in [0.717, 1.165) is 11.3 Å². The minimum atomic E-state index is -0.409. The van der Waals surface area contributed by atoms with E-state index in [2.05, 4.69) is 5.32 Å². The molecule has 0 aliphatic heterocycles. The Balaban J connectivity index is 2.11. The Kier molecular flexibility index (Phi) is 3.97. The van der Waals surface area contributed by atoms with Gasteiger partial charge in [0.1, 0.15) is 18.0 Å². The summed E-state index contributed by atoms with van der Waals surface area (Å²) in [5.74, 6) is 0.770. The van der Waals surface area contributed by atoms with Gasteiger partial charge in [-0.15, -0.1) is 0 Å². The summed E-state index contributed by atoms with van der Waals surface area (Å²) in [6.45, 7) is 0.372. The lowest BCUT2D eigenvalue weighted by Crippen LogP contribution is -2.00. The number of para-hydroxylation sites is 1. The average Bonchev–Trinajstić information content (AvgIpc) is 2.45. The number of nitrogens with zero attached hydrogens (tertiary/aromatic N) is 1. The van der Waals surface area contributed by atoms with Gasteiger partial charge in [-0.1, -0.05) is 18.2 Å². The summed E-state index contributed by atoms with van der Waals surface area (Å²) in [6.07, 6.45) is 0. The van der Waals surface area contributed by atoms with E-state index in [4.69, 9.17) is 4.74 Å². The second-order valence-electron chi connectivity index (χ2n) is 3.96. The fraction of sp³-hybridized carbons (Fsp3) is 0.143. The molecule has 0 radical (unpaired) electrons. The first kappa shape index (κ1) is 12.9. The first-order chi connectivity index (χ1) is 9.20. The van der Waals surface area contributed by atoms with Crippen LogP contribution in [-0.2, 0) is 6.61 Å². The first-order valence-electron chi connectivity index (χ1n) is 5.83. The lowest BCUT2D eigenvalue weighted by Gasteiger charge is -2.08. The first-order valence-corrected chi connectivity index (χ1v) is 5.83. The van der Waals surface area contributed by atoms with Crippen molar-refractivity contribution in [3.63, 3.8) is 0 Å². The molecule has 0 saturated carbocycles. The summed E-state index contributed by atoms with van der Waals surface area (Å²) >= 11 is 0. The van der Waals surface area contributed by atoms with Crippen LogP contribution in [0.5, 0.6) is 5.75 Å². The van der Waals surface area contributed by atoms with Gasteiger partial charge in [-0.3, -0.25) is 10.1 Å². The third-order valence-electron chi connectivity index (χ3n) is 2.68. The number of nitro benzene ring substituents is 1. The molecule has 0 saturated heterocycles. The molecule has 0 unspecified atom stereocenters. The predicted molar refractivity (Wildman–Crippen MR) is 73.4 cm³/mol. The van der Waals surface area contributed by atoms with E-state index in [9.17, 15) is 10.1 Å². The number of ether oxygens (including phenoxy) is 1. The number of anilines is 1. The Labute approximate surface area is 111 Å². The maximum atomic E-state index is 10.8. The van der Waals surface area contributed by atoms with Crippen LogP contribution in [0.3, 0.4) is 0 Å². The highest BCUT2D eigenvalue weighted by atomic mass is 16.6. The summed E-state index contributed by atoms with van der Waals surface area (Å²) < 4.78 is 5.59. The highest BCUT2D eigenvalue weighted by molar-refractivity contribution is 5.62. The van der Waals surface area contributed by atoms with Crippen LogP contribution in [0.1, 0.15) is 5.56 Å². The second-order valence-corrected chi connectivity index (χ2v) is 3.96. The fourth-order valence-corrected chi connectivity index (χ4v) is 1.72. The normalized spacial score (nSPS) is 9.95. The molecule has 5 heteroatoms. The third kappa shape index (κ3) is 3.22. The molecule has 0 bridgehead atoms. The van der Waals surface area contributed by atoms with Gasteiger partial charge in [-0.25, -0.2) is 0 Å². The third-order valence-corrected chi connectivity index (χ3v) is 2.68. The lowest BCUT2D eigenvalue weighted by molar-refractivity contribution is -0.384. The quantitative estimate of drug-likeness (QED) is 0.660. The van der Waals surface area contributed by atoms with Crippen molar-refractivity contribution < 1.29 is 9.66 Å². The van der Waals surface area contributed by atoms with Crippen molar-refractivity contribution in [2.24, 2.45) is 0 Å². The Bertz CT molecular complexity index is 570. The van der Waals surface area contributed by atoms with Gasteiger partial charge in [-0.2, -0.15) is 0 Å². The average molecular weight is 258 g/mol. The van der Waals surface area contributed by atoms with E-state index in [0.29, 0.717) is 12.3 Å². The number of benzene rings is 2. The summed E-state index contributed by atoms with van der Waals surface area (Å²) in [4.78, 5) is 10.4. The fourth-order valence-electron chi connectivity index (χ4n) is 1.72. The van der Waals surface area contributed by atoms with Gasteiger partial charge in [0, 0.05) is 13.1 Å². The van der Waals surface area contributed by atoms with Crippen molar-refractivity contribution in [1.29, 1.82) is 0 Å². The van der Waals surface area contributed by atoms with Gasteiger partial charge in [0.25, 0.3) is 5.69 Å². The van der Waals surface area contributed by atoms with Crippen LogP contribution in [-0.4, -0.2) is 12.0 Å². The SMILES string of the molecule is CNc1cc(COc2ccccc2)ccc1[N+](=O)[O-]. The molecule has 0 heterocycles. The molecule has 0 atom stereocenters. The molecule has 0 spiro atoms. The lowest BCUT2D eigenvalue weighted by atomic mass is 10.2. The minimum absolute atomic E-state index is 0.0611. The van der Waals surface area contributed by atoms with Crippen molar-refractivity contribution in [2.45, 2.75) is 6.61 Å². The van der Waals surface area contributed by atoms with Crippen LogP contribution in [0.2, 0.25) is 0 Å². The molecular weight excluding hydrogens is 244 g/mol. The largest absolute Gasteiger partial charge is 0.489 e. The van der Waals surface area contributed by atoms with Crippen molar-refractivity contribution in [3.8, 4) is 5.75 Å². The van der Waals surface area contributed by atoms with E-state index in [1.165, 1.54) is 6.07 Å². The van der Waals surface area contributed by atoms with Crippen molar-refractivity contribution in [2.75, 3.05) is 12.4 Å². The molecule has 1 N–H and O–H groups in total. The number of nitrogens with one attached hydrogen (secondary N) is 1. The Hall–Kier alpha value is -2.56. The topological polar surface area (TPSA) is 64.4 Å². The highest BCUT2D eigenvalue weighted by Crippen LogP contribution is 2.25. The van der Waals surface area contributed by atoms with Crippen molar-refractivity contribution in [1.82, 2.24) is 0 Å². The molecule has 98 valence electrons. The monoisotopic (exact) mass is 258 g/mol. The molecule has 2 aromatic carbocycles. The predicted octanol–water partition coefficient (Wildman–Crippen LogP) is 3.22. The number of hydrogen-bond acceptors (Lipinski definition) is 4. The summed E-state index contributed by atoms with van der Waals surface area (Å²) in [7, 11) is 1.66. The maximum Gasteiger partial charge on any atom is 0.292 e. The molecule has 0 aromatic heterocycles. The Morgan fingerprint density at radius 3 is 2.58 bits per heavy atom. The van der Waals surface area contributed by atoms with Gasteiger partial charge in [-0.05, 0) is 29.8 Å². The summed E-state index contributed by atoms with van der Waals surface area (Å²) in [5.41, 5.74) is 1.42. The van der Waals surface area contributed by atoms with Gasteiger partial charge in [0.05, 0.1) is 4.92 Å². The Morgan fingerprint density at radius 2 is 1.95 bits per heavy atom. The standard InChI is InChI=1S/C14H14N2O3/c1-15-13-9-11(7-8-14(13)16(17)18)10-19-12-5-3-2-4-6-12/h2-9,15H,10H2,1H3. The number of hydrogen-bond donors (Lipinski definition) is 1. The molecule has 5 nitrogen and oxygen atoms in total. The molecule has 2 aromatic rings. The van der Waals surface area contributed by atoms with Gasteiger partial charge in [0.15, 0.2) is 0 Å². The molecule has 19 heavy (non-hydrogen) atoms. The van der Waals surface area contributed by atoms with Crippen LogP contribution in [0, 0.1) is 10.1 Å². The van der Waals surface area contributed by atoms with E-state index < -0.39 is 4.92 Å². The molecule has 0 aliphatic carbocycles. The van der Waals surface area contributed by atoms with Crippen LogP contribution >= 0.6 is 0 Å². The zero-order valence-corrected chi connectivity index (χ0v) is 10.5. The number of nitro groups is 1. The zero-order chi connectivity index (χ0) is 13.7. The van der Waals surface area contributed by atoms with Gasteiger partial charge < -0.3 is 10.1 Å². The van der Waals surface area contributed by atoms with Crippen LogP contribution in [0.25, 0.3) is 0 Å². The maximum absolute atomic E-state index is 10.8. The summed E-state index contributed by atoms with van der Waals surface area (Å²) in [6, 6.07) is 14.3. The zero-order valence-electron chi connectivity index (χ0n) is 10.5. The summed E-state index contributed by atoms with van der Waals surface area (Å²) in [5, 5.41) is 13.6. The molecule has 2 rings (SSSR count). The smallest absolute Gasteiger partial charge is 0.292 e. The van der Waals surface area contributed by atoms with Crippen LogP contribution < -0.4 is 10.1 Å². The molecule has 0 fully saturated rings. The van der Waals surface area contributed by atoms with Gasteiger partial charge >= 0.3 is 0 Å². The Morgan fingerprint density at radius 1 is 1.21 bits per heavy atom. The van der Waals surface area contributed by atoms with E-state index in [1.54, 1.807) is 19.2 Å². The van der Waals surface area contributed by atoms with Crippen LogP contribution in [0.15, 0.2) is 48.5 Å². The second kappa shape index (κ2) is 5.86. The minimum Gasteiger partial charge on any atom is -0.489 e. The molecular formula is C14H14N2O3. The van der Waals surface area contributed by atoms with E-state index >= 15 is 0 Å². The van der Waals surface area contributed by atoms with E-state index in [-0.39, 0.29) is 5.69 Å². The number of rotatable bonds is 5. The van der Waals surface area contributed by atoms with Gasteiger partial charge in [0.2, 0.25) is 0 Å². The molecule has 0 aliphatic rings. The van der Waals surface area contributed by atoms with Crippen LogP contribution in [0.4, 0.5) is 11.4 Å². The van der Waals surface area contributed by atoms with E-state index in [1.807, 2.05) is 30.3 Å². The molecule has 0 amide bonds. The highest BCUT2D eigenvalue weighted by Gasteiger charge is 2.12.